The Morgan fingerprint density at radius 1 is 1.07 bits per heavy atom. The molecule has 2 aliphatic heterocycles. The molecule has 0 saturated carbocycles. The lowest BCUT2D eigenvalue weighted by molar-refractivity contribution is -0.140. The van der Waals surface area contributed by atoms with Gasteiger partial charge < -0.3 is 14.4 Å². The fraction of sp³-hybridized carbons (Fsp3) is 0.571. The SMILES string of the molecule is O=C1CCC2(CCN(CCCn3ccnc3)CC2)CN1Cc1ccccn1. The molecule has 0 bridgehead atoms. The summed E-state index contributed by atoms with van der Waals surface area (Å²) >= 11 is 0. The van der Waals surface area contributed by atoms with Crippen molar-refractivity contribution in [2.45, 2.75) is 45.2 Å². The highest BCUT2D eigenvalue weighted by Crippen LogP contribution is 2.40. The Bertz CT molecular complexity index is 722. The maximum Gasteiger partial charge on any atom is 0.222 e. The standard InChI is InChI=1S/C21H29N5O/c27-20-5-6-21(17-26(20)16-19-4-1-2-9-23-19)7-13-24(14-8-21)11-3-12-25-15-10-22-18-25/h1-2,4,9-10,15,18H,3,5-8,11-14,16-17H2. The molecule has 2 saturated heterocycles. The monoisotopic (exact) mass is 367 g/mol. The molecule has 144 valence electrons. The number of hydrogen-bond acceptors (Lipinski definition) is 4. The molecule has 4 heterocycles. The number of hydrogen-bond donors (Lipinski definition) is 0. The van der Waals surface area contributed by atoms with Crippen LogP contribution in [-0.2, 0) is 17.9 Å². The molecular formula is C21H29N5O. The van der Waals surface area contributed by atoms with Gasteiger partial charge in [-0.3, -0.25) is 9.78 Å². The van der Waals surface area contributed by atoms with Gasteiger partial charge in [0.2, 0.25) is 5.91 Å². The molecule has 6 heteroatoms. The number of piperidine rings is 2. The van der Waals surface area contributed by atoms with Gasteiger partial charge in [0.25, 0.3) is 0 Å². The van der Waals surface area contributed by atoms with Gasteiger partial charge >= 0.3 is 0 Å². The summed E-state index contributed by atoms with van der Waals surface area (Å²) in [5, 5.41) is 0. The predicted molar refractivity (Wildman–Crippen MR) is 104 cm³/mol. The number of carbonyl (C=O) groups excluding carboxylic acids is 1. The number of nitrogens with zero attached hydrogens (tertiary/aromatic N) is 5. The summed E-state index contributed by atoms with van der Waals surface area (Å²) < 4.78 is 2.15. The van der Waals surface area contributed by atoms with E-state index in [0.29, 0.717) is 18.4 Å². The van der Waals surface area contributed by atoms with E-state index >= 15 is 0 Å². The smallest absolute Gasteiger partial charge is 0.222 e. The van der Waals surface area contributed by atoms with E-state index in [4.69, 9.17) is 0 Å². The second kappa shape index (κ2) is 8.21. The maximum absolute atomic E-state index is 12.4. The molecule has 1 amide bonds. The fourth-order valence-corrected chi connectivity index (χ4v) is 4.49. The summed E-state index contributed by atoms with van der Waals surface area (Å²) in [6, 6.07) is 5.93. The quantitative estimate of drug-likeness (QED) is 0.787. The van der Waals surface area contributed by atoms with Crippen molar-refractivity contribution in [2.24, 2.45) is 5.41 Å². The number of pyridine rings is 1. The average Bonchev–Trinajstić information content (AvgIpc) is 3.21. The molecule has 0 radical (unpaired) electrons. The van der Waals surface area contributed by atoms with Crippen molar-refractivity contribution in [3.8, 4) is 0 Å². The van der Waals surface area contributed by atoms with Crippen molar-refractivity contribution in [2.75, 3.05) is 26.2 Å². The molecule has 1 spiro atoms. The third-order valence-electron chi connectivity index (χ3n) is 6.19. The van der Waals surface area contributed by atoms with E-state index in [2.05, 4.69) is 19.4 Å². The summed E-state index contributed by atoms with van der Waals surface area (Å²) in [6.07, 6.45) is 12.9. The second-order valence-corrected chi connectivity index (χ2v) is 8.07. The average molecular weight is 367 g/mol. The van der Waals surface area contributed by atoms with Crippen molar-refractivity contribution in [3.63, 3.8) is 0 Å². The number of likely N-dealkylation sites (tertiary alicyclic amines) is 2. The van der Waals surface area contributed by atoms with E-state index < -0.39 is 0 Å². The zero-order valence-corrected chi connectivity index (χ0v) is 16.0. The largest absolute Gasteiger partial charge is 0.337 e. The molecule has 0 aromatic carbocycles. The number of carbonyl (C=O) groups is 1. The summed E-state index contributed by atoms with van der Waals surface area (Å²) in [6.45, 7) is 6.02. The van der Waals surface area contributed by atoms with Gasteiger partial charge in [-0.2, -0.15) is 0 Å². The van der Waals surface area contributed by atoms with E-state index in [1.54, 1.807) is 0 Å². The second-order valence-electron chi connectivity index (χ2n) is 8.07. The normalized spacial score (nSPS) is 20.3. The van der Waals surface area contributed by atoms with Gasteiger partial charge in [-0.05, 0) is 62.9 Å². The van der Waals surface area contributed by atoms with Gasteiger partial charge in [0.15, 0.2) is 0 Å². The van der Waals surface area contributed by atoms with Crippen molar-refractivity contribution in [1.82, 2.24) is 24.3 Å². The number of rotatable bonds is 6. The van der Waals surface area contributed by atoms with Crippen LogP contribution >= 0.6 is 0 Å². The highest BCUT2D eigenvalue weighted by atomic mass is 16.2. The van der Waals surface area contributed by atoms with Crippen molar-refractivity contribution in [1.29, 1.82) is 0 Å². The summed E-state index contributed by atoms with van der Waals surface area (Å²) in [5.74, 6) is 0.286. The lowest BCUT2D eigenvalue weighted by atomic mass is 9.72. The Balaban J connectivity index is 1.27. The molecule has 2 aromatic rings. The van der Waals surface area contributed by atoms with Crippen molar-refractivity contribution < 1.29 is 4.79 Å². The zero-order chi connectivity index (χ0) is 18.5. The zero-order valence-electron chi connectivity index (χ0n) is 16.0. The van der Waals surface area contributed by atoms with Gasteiger partial charge in [-0.1, -0.05) is 6.07 Å². The molecule has 2 aromatic heterocycles. The first-order chi connectivity index (χ1) is 13.2. The van der Waals surface area contributed by atoms with Crippen LogP contribution in [0, 0.1) is 5.41 Å². The fourth-order valence-electron chi connectivity index (χ4n) is 4.49. The Morgan fingerprint density at radius 3 is 2.70 bits per heavy atom. The Kier molecular flexibility index (Phi) is 5.53. The molecule has 0 N–H and O–H groups in total. The minimum Gasteiger partial charge on any atom is -0.337 e. The Morgan fingerprint density at radius 2 is 1.96 bits per heavy atom. The number of amides is 1. The number of imidazole rings is 1. The van der Waals surface area contributed by atoms with Crippen LogP contribution in [0.4, 0.5) is 0 Å². The minimum absolute atomic E-state index is 0.286. The van der Waals surface area contributed by atoms with Gasteiger partial charge in [-0.15, -0.1) is 0 Å². The molecule has 6 nitrogen and oxygen atoms in total. The Labute approximate surface area is 161 Å². The molecule has 2 aliphatic rings. The van der Waals surface area contributed by atoms with Crippen LogP contribution in [0.5, 0.6) is 0 Å². The van der Waals surface area contributed by atoms with E-state index in [-0.39, 0.29) is 5.91 Å². The molecular weight excluding hydrogens is 338 g/mol. The van der Waals surface area contributed by atoms with Crippen LogP contribution < -0.4 is 0 Å². The number of aromatic nitrogens is 3. The van der Waals surface area contributed by atoms with Crippen molar-refractivity contribution in [3.05, 3.63) is 48.8 Å². The first kappa shape index (κ1) is 18.2. The van der Waals surface area contributed by atoms with E-state index in [9.17, 15) is 4.79 Å². The summed E-state index contributed by atoms with van der Waals surface area (Å²) in [7, 11) is 0. The van der Waals surface area contributed by atoms with Crippen LogP contribution in [0.25, 0.3) is 0 Å². The van der Waals surface area contributed by atoms with E-state index in [0.717, 1.165) is 51.3 Å². The van der Waals surface area contributed by atoms with Crippen LogP contribution in [0.3, 0.4) is 0 Å². The van der Waals surface area contributed by atoms with Gasteiger partial charge in [0.05, 0.1) is 18.6 Å². The van der Waals surface area contributed by atoms with E-state index in [1.807, 2.05) is 48.0 Å². The molecule has 0 unspecified atom stereocenters. The molecule has 4 rings (SSSR count). The maximum atomic E-state index is 12.4. The highest BCUT2D eigenvalue weighted by Gasteiger charge is 2.40. The van der Waals surface area contributed by atoms with Gasteiger partial charge in [0, 0.05) is 38.1 Å². The molecule has 27 heavy (non-hydrogen) atoms. The van der Waals surface area contributed by atoms with Crippen LogP contribution in [0.2, 0.25) is 0 Å². The topological polar surface area (TPSA) is 54.3 Å². The first-order valence-electron chi connectivity index (χ1n) is 10.1. The predicted octanol–water partition coefficient (Wildman–Crippen LogP) is 2.57. The molecule has 2 fully saturated rings. The van der Waals surface area contributed by atoms with Gasteiger partial charge in [0.1, 0.15) is 0 Å². The number of aryl methyl sites for hydroxylation is 1. The van der Waals surface area contributed by atoms with Crippen molar-refractivity contribution >= 4 is 5.91 Å². The lowest BCUT2D eigenvalue weighted by Crippen LogP contribution is -2.51. The highest BCUT2D eigenvalue weighted by molar-refractivity contribution is 5.77. The minimum atomic E-state index is 0.286. The van der Waals surface area contributed by atoms with Gasteiger partial charge in [-0.25, -0.2) is 4.98 Å². The third kappa shape index (κ3) is 4.56. The van der Waals surface area contributed by atoms with E-state index in [1.165, 1.54) is 12.8 Å². The van der Waals surface area contributed by atoms with Crippen LogP contribution in [0.15, 0.2) is 43.1 Å². The molecule has 0 atom stereocenters. The molecule has 0 aliphatic carbocycles. The summed E-state index contributed by atoms with van der Waals surface area (Å²) in [5.41, 5.74) is 1.30. The Hall–Kier alpha value is -2.21. The first-order valence-corrected chi connectivity index (χ1v) is 10.1. The summed E-state index contributed by atoms with van der Waals surface area (Å²) in [4.78, 5) is 25.5. The van der Waals surface area contributed by atoms with Crippen LogP contribution in [-0.4, -0.2) is 56.4 Å². The van der Waals surface area contributed by atoms with Crippen LogP contribution in [0.1, 0.15) is 37.8 Å². The lowest BCUT2D eigenvalue weighted by Gasteiger charge is -2.47. The third-order valence-corrected chi connectivity index (χ3v) is 6.19.